The Labute approximate surface area is 83.4 Å². The van der Waals surface area contributed by atoms with Crippen molar-refractivity contribution in [3.05, 3.63) is 23.5 Å². The van der Waals surface area contributed by atoms with Gasteiger partial charge < -0.3 is 5.11 Å². The summed E-state index contributed by atoms with van der Waals surface area (Å²) in [4.78, 5) is 20.1. The Kier molecular flexibility index (Phi) is 6.13. The van der Waals surface area contributed by atoms with Crippen molar-refractivity contribution in [3.8, 4) is 0 Å². The SMILES string of the molecule is C=C(CCCC(C)=C=O)CC(O)=C=O. The Morgan fingerprint density at radius 2 is 1.93 bits per heavy atom. The maximum absolute atomic E-state index is 10.1. The second kappa shape index (κ2) is 6.90. The first kappa shape index (κ1) is 12.4. The van der Waals surface area contributed by atoms with Crippen LogP contribution in [0.2, 0.25) is 0 Å². The second-order valence-electron chi connectivity index (χ2n) is 3.21. The van der Waals surface area contributed by atoms with E-state index in [0.717, 1.165) is 12.0 Å². The summed E-state index contributed by atoms with van der Waals surface area (Å²) >= 11 is 0. The molecule has 1 N–H and O–H groups in total. The monoisotopic (exact) mass is 194 g/mol. The third-order valence-electron chi connectivity index (χ3n) is 1.79. The van der Waals surface area contributed by atoms with Crippen LogP contribution in [0.15, 0.2) is 23.5 Å². The van der Waals surface area contributed by atoms with E-state index < -0.39 is 0 Å². The minimum Gasteiger partial charge on any atom is -0.502 e. The molecule has 0 unspecified atom stereocenters. The summed E-state index contributed by atoms with van der Waals surface area (Å²) in [5.41, 5.74) is 1.44. The molecule has 3 heteroatoms. The first-order chi connectivity index (χ1) is 6.60. The molecule has 0 aliphatic rings. The molecule has 0 aromatic heterocycles. The van der Waals surface area contributed by atoms with Crippen molar-refractivity contribution in [2.45, 2.75) is 32.6 Å². The van der Waals surface area contributed by atoms with E-state index in [4.69, 9.17) is 5.11 Å². The maximum Gasteiger partial charge on any atom is 0.180 e. The van der Waals surface area contributed by atoms with Gasteiger partial charge in [-0.1, -0.05) is 12.2 Å². The molecule has 0 heterocycles. The molecule has 0 rings (SSSR count). The highest BCUT2D eigenvalue weighted by atomic mass is 16.3. The number of carbonyl (C=O) groups excluding carboxylic acids is 2. The van der Waals surface area contributed by atoms with Crippen molar-refractivity contribution in [2.24, 2.45) is 0 Å². The van der Waals surface area contributed by atoms with Gasteiger partial charge >= 0.3 is 0 Å². The normalized spacial score (nSPS) is 8.64. The molecule has 0 saturated carbocycles. The van der Waals surface area contributed by atoms with Gasteiger partial charge in [0.1, 0.15) is 5.94 Å². The van der Waals surface area contributed by atoms with Crippen molar-refractivity contribution in [2.75, 3.05) is 0 Å². The van der Waals surface area contributed by atoms with E-state index in [0.29, 0.717) is 18.4 Å². The van der Waals surface area contributed by atoms with Gasteiger partial charge in [0.05, 0.1) is 0 Å². The number of rotatable bonds is 6. The highest BCUT2D eigenvalue weighted by Gasteiger charge is 2.00. The molecule has 0 bridgehead atoms. The average Bonchev–Trinajstić information content (AvgIpc) is 2.17. The Balaban J connectivity index is 3.76. The molecule has 0 aliphatic heterocycles. The fourth-order valence-corrected chi connectivity index (χ4v) is 1.02. The molecule has 0 aromatic carbocycles. The van der Waals surface area contributed by atoms with Crippen molar-refractivity contribution in [1.29, 1.82) is 0 Å². The zero-order valence-electron chi connectivity index (χ0n) is 8.30. The first-order valence-corrected chi connectivity index (χ1v) is 4.40. The van der Waals surface area contributed by atoms with Gasteiger partial charge in [-0.2, -0.15) is 0 Å². The fraction of sp³-hybridized carbons (Fsp3) is 0.455. The number of aliphatic hydroxyl groups excluding tert-OH is 1. The minimum absolute atomic E-state index is 0.174. The largest absolute Gasteiger partial charge is 0.502 e. The van der Waals surface area contributed by atoms with Crippen molar-refractivity contribution in [3.63, 3.8) is 0 Å². The first-order valence-electron chi connectivity index (χ1n) is 4.40. The van der Waals surface area contributed by atoms with Crippen LogP contribution in [0, 0.1) is 0 Å². The molecule has 0 aliphatic carbocycles. The molecule has 0 atom stereocenters. The summed E-state index contributed by atoms with van der Waals surface area (Å²) in [6, 6.07) is 0. The lowest BCUT2D eigenvalue weighted by molar-refractivity contribution is 0.397. The number of hydrogen-bond donors (Lipinski definition) is 1. The van der Waals surface area contributed by atoms with Crippen LogP contribution in [0.3, 0.4) is 0 Å². The van der Waals surface area contributed by atoms with Crippen LogP contribution in [-0.4, -0.2) is 17.0 Å². The molecule has 76 valence electrons. The van der Waals surface area contributed by atoms with E-state index in [-0.39, 0.29) is 12.2 Å². The van der Waals surface area contributed by atoms with E-state index in [1.54, 1.807) is 6.92 Å². The van der Waals surface area contributed by atoms with Crippen LogP contribution >= 0.6 is 0 Å². The molecule has 0 radical (unpaired) electrons. The zero-order chi connectivity index (χ0) is 11.0. The zero-order valence-corrected chi connectivity index (χ0v) is 8.30. The van der Waals surface area contributed by atoms with Crippen molar-refractivity contribution in [1.82, 2.24) is 0 Å². The third-order valence-corrected chi connectivity index (χ3v) is 1.79. The van der Waals surface area contributed by atoms with E-state index in [2.05, 4.69) is 6.58 Å². The molecule has 0 amide bonds. The standard InChI is InChI=1S/C11H14O3/c1-9(6-11(14)8-13)4-3-5-10(2)7-12/h14H,1,3-6H2,2H3. The lowest BCUT2D eigenvalue weighted by Gasteiger charge is -2.02. The molecular formula is C11H14O3. The fourth-order valence-electron chi connectivity index (χ4n) is 1.02. The lowest BCUT2D eigenvalue weighted by atomic mass is 10.0. The lowest BCUT2D eigenvalue weighted by Crippen LogP contribution is -1.88. The predicted octanol–water partition coefficient (Wildman–Crippen LogP) is 2.15. The predicted molar refractivity (Wildman–Crippen MR) is 54.3 cm³/mol. The van der Waals surface area contributed by atoms with Gasteiger partial charge in [-0.3, -0.25) is 0 Å². The van der Waals surface area contributed by atoms with E-state index in [1.807, 2.05) is 5.94 Å². The van der Waals surface area contributed by atoms with Crippen LogP contribution < -0.4 is 0 Å². The summed E-state index contributed by atoms with van der Waals surface area (Å²) in [6.07, 6.45) is 2.32. The Hall–Kier alpha value is -1.56. The average molecular weight is 194 g/mol. The van der Waals surface area contributed by atoms with E-state index in [9.17, 15) is 9.59 Å². The molecule has 0 saturated heterocycles. The molecule has 0 fully saturated rings. The van der Waals surface area contributed by atoms with Crippen LogP contribution in [0.25, 0.3) is 0 Å². The van der Waals surface area contributed by atoms with Gasteiger partial charge in [0.25, 0.3) is 0 Å². The van der Waals surface area contributed by atoms with E-state index >= 15 is 0 Å². The third kappa shape index (κ3) is 6.01. The van der Waals surface area contributed by atoms with Gasteiger partial charge in [-0.15, -0.1) is 0 Å². The molecule has 0 aromatic rings. The number of allylic oxidation sites excluding steroid dienone is 2. The quantitative estimate of drug-likeness (QED) is 0.400. The van der Waals surface area contributed by atoms with Gasteiger partial charge in [0.2, 0.25) is 0 Å². The van der Waals surface area contributed by atoms with Crippen LogP contribution in [0.1, 0.15) is 32.6 Å². The summed E-state index contributed by atoms with van der Waals surface area (Å²) in [6.45, 7) is 5.42. The Morgan fingerprint density at radius 3 is 2.43 bits per heavy atom. The van der Waals surface area contributed by atoms with Crippen LogP contribution in [0.4, 0.5) is 0 Å². The number of aliphatic hydroxyl groups is 1. The summed E-state index contributed by atoms with van der Waals surface area (Å²) in [5.74, 6) is 2.89. The second-order valence-corrected chi connectivity index (χ2v) is 3.21. The summed E-state index contributed by atoms with van der Waals surface area (Å²) in [5, 5.41) is 8.85. The van der Waals surface area contributed by atoms with Gasteiger partial charge in [-0.25, -0.2) is 9.59 Å². The topological polar surface area (TPSA) is 54.4 Å². The molecule has 14 heavy (non-hydrogen) atoms. The maximum atomic E-state index is 10.1. The molecule has 0 spiro atoms. The van der Waals surface area contributed by atoms with Crippen LogP contribution in [-0.2, 0) is 9.59 Å². The molecular weight excluding hydrogens is 180 g/mol. The van der Waals surface area contributed by atoms with Crippen molar-refractivity contribution < 1.29 is 14.7 Å². The minimum atomic E-state index is -0.322. The van der Waals surface area contributed by atoms with Crippen molar-refractivity contribution >= 4 is 11.9 Å². The van der Waals surface area contributed by atoms with Gasteiger partial charge in [-0.05, 0) is 26.2 Å². The van der Waals surface area contributed by atoms with Gasteiger partial charge in [0, 0.05) is 12.0 Å². The van der Waals surface area contributed by atoms with Crippen LogP contribution in [0.5, 0.6) is 0 Å². The summed E-state index contributed by atoms with van der Waals surface area (Å²) in [7, 11) is 0. The Bertz CT molecular complexity index is 302. The van der Waals surface area contributed by atoms with Gasteiger partial charge in [0.15, 0.2) is 11.7 Å². The highest BCUT2D eigenvalue weighted by molar-refractivity contribution is 5.51. The molecule has 3 nitrogen and oxygen atoms in total. The summed E-state index contributed by atoms with van der Waals surface area (Å²) < 4.78 is 0. The number of hydrogen-bond acceptors (Lipinski definition) is 3. The Morgan fingerprint density at radius 1 is 1.29 bits per heavy atom. The smallest absolute Gasteiger partial charge is 0.180 e. The van der Waals surface area contributed by atoms with E-state index in [1.165, 1.54) is 5.94 Å². The highest BCUT2D eigenvalue weighted by Crippen LogP contribution is 2.13.